The summed E-state index contributed by atoms with van der Waals surface area (Å²) >= 11 is 0. The Kier molecular flexibility index (Phi) is 22.2. The molecule has 0 saturated heterocycles. The smallest absolute Gasteiger partial charge is 0.469 e. The summed E-state index contributed by atoms with van der Waals surface area (Å²) in [5.41, 5.74) is 0. The highest BCUT2D eigenvalue weighted by atomic mass is 31.2. The van der Waals surface area contributed by atoms with Crippen molar-refractivity contribution >= 4 is 7.82 Å². The normalized spacial score (nSPS) is 12.6. The Morgan fingerprint density at radius 1 is 0.676 bits per heavy atom. The van der Waals surface area contributed by atoms with E-state index < -0.39 is 7.82 Å². The molecule has 0 fully saturated rings. The van der Waals surface area contributed by atoms with Gasteiger partial charge in [0, 0.05) is 0 Å². The van der Waals surface area contributed by atoms with Gasteiger partial charge in [0.1, 0.15) is 11.9 Å². The molecule has 1 rings (SSSR count). The first-order valence-corrected chi connectivity index (χ1v) is 16.1. The quantitative estimate of drug-likeness (QED) is 0.0860. The highest BCUT2D eigenvalue weighted by molar-refractivity contribution is 7.46. The van der Waals surface area contributed by atoms with Crippen LogP contribution >= 0.6 is 7.82 Å². The molecule has 0 aliphatic rings. The molecule has 0 aliphatic carbocycles. The molecular formula is C29H53O7P. The third kappa shape index (κ3) is 23.9. The molecule has 0 aliphatic heterocycles. The molecule has 8 heteroatoms. The van der Waals surface area contributed by atoms with Crippen LogP contribution in [0.5, 0.6) is 5.75 Å². The van der Waals surface area contributed by atoms with E-state index in [1.54, 1.807) is 0 Å². The van der Waals surface area contributed by atoms with Crippen molar-refractivity contribution in [1.82, 2.24) is 0 Å². The van der Waals surface area contributed by atoms with Crippen molar-refractivity contribution in [1.29, 1.82) is 0 Å². The minimum atomic E-state index is -4.43. The Balaban J connectivity index is 2.06. The fraction of sp³-hybridized carbons (Fsp3) is 0.793. The highest BCUT2D eigenvalue weighted by Crippen LogP contribution is 2.35. The standard InChI is InChI=1S/C29H53O7P/c1-2-3-4-5-6-7-8-9-10-11-12-13-14-15-17-22-29(36-28-20-18-16-19-21-28)27-34-24-23-33-25-26-35-37(30,31)32/h16,18-21,29H,2-15,17,22-27H2,1H3,(H2,30,31,32). The molecule has 7 nitrogen and oxygen atoms in total. The lowest BCUT2D eigenvalue weighted by atomic mass is 10.0. The van der Waals surface area contributed by atoms with Gasteiger partial charge >= 0.3 is 7.82 Å². The number of ether oxygens (including phenoxy) is 3. The van der Waals surface area contributed by atoms with Crippen molar-refractivity contribution in [2.45, 2.75) is 116 Å². The summed E-state index contributed by atoms with van der Waals surface area (Å²) in [5.74, 6) is 0.850. The van der Waals surface area contributed by atoms with Crippen molar-refractivity contribution in [3.8, 4) is 5.75 Å². The average molecular weight is 545 g/mol. The van der Waals surface area contributed by atoms with E-state index in [0.717, 1.165) is 18.6 Å². The van der Waals surface area contributed by atoms with Gasteiger partial charge in [-0.25, -0.2) is 4.57 Å². The molecule has 37 heavy (non-hydrogen) atoms. The summed E-state index contributed by atoms with van der Waals surface area (Å²) in [6.45, 7) is 3.44. The van der Waals surface area contributed by atoms with Crippen LogP contribution in [-0.4, -0.2) is 48.9 Å². The van der Waals surface area contributed by atoms with Crippen molar-refractivity contribution in [2.24, 2.45) is 0 Å². The predicted octanol–water partition coefficient (Wildman–Crippen LogP) is 7.84. The van der Waals surface area contributed by atoms with Crippen molar-refractivity contribution in [3.63, 3.8) is 0 Å². The fourth-order valence-electron chi connectivity index (χ4n) is 4.26. The zero-order valence-corrected chi connectivity index (χ0v) is 24.1. The molecule has 0 aromatic heterocycles. The number of phosphoric acid groups is 1. The number of rotatable bonds is 27. The van der Waals surface area contributed by atoms with Crippen LogP contribution in [0.15, 0.2) is 30.3 Å². The molecule has 2 N–H and O–H groups in total. The maximum atomic E-state index is 10.6. The molecule has 216 valence electrons. The lowest BCUT2D eigenvalue weighted by Crippen LogP contribution is -2.24. The average Bonchev–Trinajstić information content (AvgIpc) is 2.87. The molecule has 0 bridgehead atoms. The Labute approximate surface area is 225 Å². The van der Waals surface area contributed by atoms with Gasteiger partial charge in [-0.3, -0.25) is 4.52 Å². The van der Waals surface area contributed by atoms with Gasteiger partial charge in [0.25, 0.3) is 0 Å². The minimum absolute atomic E-state index is 0.0117. The summed E-state index contributed by atoms with van der Waals surface area (Å²) in [5, 5.41) is 0. The van der Waals surface area contributed by atoms with E-state index >= 15 is 0 Å². The monoisotopic (exact) mass is 544 g/mol. The topological polar surface area (TPSA) is 94.5 Å². The molecule has 1 aromatic carbocycles. The number of hydrogen-bond donors (Lipinski definition) is 2. The second kappa shape index (κ2) is 24.1. The fourth-order valence-corrected chi connectivity index (χ4v) is 4.57. The number of benzene rings is 1. The molecule has 1 atom stereocenters. The van der Waals surface area contributed by atoms with Crippen LogP contribution in [0.4, 0.5) is 0 Å². The van der Waals surface area contributed by atoms with Gasteiger partial charge < -0.3 is 24.0 Å². The number of hydrogen-bond acceptors (Lipinski definition) is 5. The first-order chi connectivity index (χ1) is 18.0. The van der Waals surface area contributed by atoms with E-state index in [1.165, 1.54) is 89.9 Å². The van der Waals surface area contributed by atoms with Crippen molar-refractivity contribution in [2.75, 3.05) is 33.0 Å². The van der Waals surface area contributed by atoms with Crippen molar-refractivity contribution < 1.29 is 33.1 Å². The minimum Gasteiger partial charge on any atom is -0.488 e. The largest absolute Gasteiger partial charge is 0.488 e. The SMILES string of the molecule is CCCCCCCCCCCCCCCCCC(COCCOCCOP(=O)(O)O)Oc1ccccc1. The maximum absolute atomic E-state index is 10.6. The third-order valence-corrected chi connectivity index (χ3v) is 6.86. The zero-order chi connectivity index (χ0) is 26.9. The van der Waals surface area contributed by atoms with Gasteiger partial charge in [-0.05, 0) is 25.0 Å². The Bertz CT molecular complexity index is 653. The van der Waals surface area contributed by atoms with E-state index in [9.17, 15) is 4.57 Å². The van der Waals surface area contributed by atoms with Gasteiger partial charge in [0.15, 0.2) is 0 Å². The lowest BCUT2D eigenvalue weighted by Gasteiger charge is -2.19. The Hall–Kier alpha value is -0.950. The summed E-state index contributed by atoms with van der Waals surface area (Å²) in [6, 6.07) is 9.83. The van der Waals surface area contributed by atoms with E-state index in [2.05, 4.69) is 11.4 Å². The van der Waals surface area contributed by atoms with E-state index in [0.29, 0.717) is 19.8 Å². The molecule has 0 radical (unpaired) electrons. The van der Waals surface area contributed by atoms with Crippen LogP contribution in [0.3, 0.4) is 0 Å². The lowest BCUT2D eigenvalue weighted by molar-refractivity contribution is 0.00222. The first kappa shape index (κ1) is 34.1. The number of phosphoric ester groups is 1. The zero-order valence-electron chi connectivity index (χ0n) is 23.2. The second-order valence-electron chi connectivity index (χ2n) is 9.80. The summed E-state index contributed by atoms with van der Waals surface area (Å²) in [7, 11) is -4.43. The van der Waals surface area contributed by atoms with Gasteiger partial charge in [-0.2, -0.15) is 0 Å². The molecule has 0 spiro atoms. The molecule has 1 unspecified atom stereocenters. The highest BCUT2D eigenvalue weighted by Gasteiger charge is 2.13. The molecule has 0 heterocycles. The summed E-state index contributed by atoms with van der Waals surface area (Å²) < 4.78 is 32.1. The van der Waals surface area contributed by atoms with Gasteiger partial charge in [0.05, 0.1) is 33.0 Å². The molecule has 0 amide bonds. The number of unbranched alkanes of at least 4 members (excludes halogenated alkanes) is 14. The van der Waals surface area contributed by atoms with Gasteiger partial charge in [-0.1, -0.05) is 115 Å². The van der Waals surface area contributed by atoms with Crippen LogP contribution in [0.1, 0.15) is 110 Å². The van der Waals surface area contributed by atoms with E-state index in [-0.39, 0.29) is 19.3 Å². The predicted molar refractivity (Wildman–Crippen MR) is 150 cm³/mol. The van der Waals surface area contributed by atoms with Crippen LogP contribution in [0, 0.1) is 0 Å². The Morgan fingerprint density at radius 3 is 1.70 bits per heavy atom. The molecule has 0 saturated carbocycles. The number of para-hydroxylation sites is 1. The molecular weight excluding hydrogens is 491 g/mol. The van der Waals surface area contributed by atoms with Crippen LogP contribution in [-0.2, 0) is 18.6 Å². The van der Waals surface area contributed by atoms with Crippen LogP contribution in [0.2, 0.25) is 0 Å². The van der Waals surface area contributed by atoms with Crippen molar-refractivity contribution in [3.05, 3.63) is 30.3 Å². The molecule has 1 aromatic rings. The Morgan fingerprint density at radius 2 is 1.16 bits per heavy atom. The summed E-state index contributed by atoms with van der Waals surface area (Å²) in [4.78, 5) is 17.3. The summed E-state index contributed by atoms with van der Waals surface area (Å²) in [6.07, 6.45) is 21.2. The third-order valence-electron chi connectivity index (χ3n) is 6.34. The van der Waals surface area contributed by atoms with Gasteiger partial charge in [0.2, 0.25) is 0 Å². The van der Waals surface area contributed by atoms with Crippen LogP contribution < -0.4 is 4.74 Å². The van der Waals surface area contributed by atoms with E-state index in [1.807, 2.05) is 30.3 Å². The second-order valence-corrected chi connectivity index (χ2v) is 11.0. The van der Waals surface area contributed by atoms with Crippen LogP contribution in [0.25, 0.3) is 0 Å². The van der Waals surface area contributed by atoms with E-state index in [4.69, 9.17) is 24.0 Å². The van der Waals surface area contributed by atoms with Gasteiger partial charge in [-0.15, -0.1) is 0 Å². The maximum Gasteiger partial charge on any atom is 0.469 e. The first-order valence-electron chi connectivity index (χ1n) is 14.6.